The summed E-state index contributed by atoms with van der Waals surface area (Å²) in [6.07, 6.45) is -0.707. The van der Waals surface area contributed by atoms with Gasteiger partial charge in [-0.1, -0.05) is 12.1 Å². The second-order valence-electron chi connectivity index (χ2n) is 6.12. The van der Waals surface area contributed by atoms with Crippen molar-refractivity contribution >= 4 is 11.6 Å². The third-order valence-electron chi connectivity index (χ3n) is 3.72. The molecule has 6 nitrogen and oxygen atoms in total. The van der Waals surface area contributed by atoms with Crippen molar-refractivity contribution in [2.45, 2.75) is 25.7 Å². The van der Waals surface area contributed by atoms with Gasteiger partial charge in [0, 0.05) is 25.6 Å². The quantitative estimate of drug-likeness (QED) is 0.918. The van der Waals surface area contributed by atoms with Crippen molar-refractivity contribution < 1.29 is 23.7 Å². The van der Waals surface area contributed by atoms with E-state index in [-0.39, 0.29) is 12.5 Å². The van der Waals surface area contributed by atoms with Crippen LogP contribution >= 0.6 is 0 Å². The normalized spacial score (nSPS) is 19.7. The summed E-state index contributed by atoms with van der Waals surface area (Å²) < 4.78 is 22.6. The maximum absolute atomic E-state index is 12.4. The number of nitrogens with one attached hydrogen (secondary N) is 1. The van der Waals surface area contributed by atoms with E-state index in [2.05, 4.69) is 5.32 Å². The largest absolute Gasteiger partial charge is 0.485 e. The maximum Gasteiger partial charge on any atom is 0.269 e. The number of rotatable bonds is 2. The van der Waals surface area contributed by atoms with E-state index in [1.165, 1.54) is 0 Å². The third kappa shape index (κ3) is 2.71. The zero-order valence-corrected chi connectivity index (χ0v) is 13.4. The van der Waals surface area contributed by atoms with Crippen LogP contribution in [0, 0.1) is 0 Å². The van der Waals surface area contributed by atoms with Gasteiger partial charge in [-0.3, -0.25) is 4.79 Å². The molecule has 2 aromatic rings. The molecular formula is C18H17NO5. The molecule has 0 saturated carbocycles. The van der Waals surface area contributed by atoms with Crippen LogP contribution in [-0.2, 0) is 4.79 Å². The Morgan fingerprint density at radius 2 is 1.79 bits per heavy atom. The molecule has 2 aliphatic heterocycles. The van der Waals surface area contributed by atoms with Crippen molar-refractivity contribution in [1.29, 1.82) is 0 Å². The number of carbonyl (C=O) groups is 1. The number of hydrogen-bond acceptors (Lipinski definition) is 5. The second kappa shape index (κ2) is 5.33. The Kier molecular flexibility index (Phi) is 3.26. The van der Waals surface area contributed by atoms with E-state index in [9.17, 15) is 4.79 Å². The highest BCUT2D eigenvalue weighted by Gasteiger charge is 2.32. The number of carbonyl (C=O) groups excluding carboxylic acids is 1. The first-order valence-corrected chi connectivity index (χ1v) is 7.72. The van der Waals surface area contributed by atoms with Gasteiger partial charge in [-0.25, -0.2) is 0 Å². The van der Waals surface area contributed by atoms with E-state index in [0.29, 0.717) is 28.7 Å². The molecule has 2 aliphatic rings. The highest BCUT2D eigenvalue weighted by atomic mass is 16.7. The number of fused-ring (bicyclic) bond motifs is 2. The maximum atomic E-state index is 12.4. The van der Waals surface area contributed by atoms with E-state index in [4.69, 9.17) is 18.9 Å². The van der Waals surface area contributed by atoms with Crippen molar-refractivity contribution in [3.05, 3.63) is 42.5 Å². The molecule has 0 bridgehead atoms. The van der Waals surface area contributed by atoms with E-state index in [1.807, 2.05) is 32.0 Å². The summed E-state index contributed by atoms with van der Waals surface area (Å²) >= 11 is 0. The summed E-state index contributed by atoms with van der Waals surface area (Å²) in [5.41, 5.74) is 0.613. The summed E-state index contributed by atoms with van der Waals surface area (Å²) in [6.45, 7) is 3.83. The zero-order chi connectivity index (χ0) is 16.7. The molecule has 0 radical (unpaired) electrons. The first-order valence-electron chi connectivity index (χ1n) is 7.72. The molecule has 0 aliphatic carbocycles. The Bertz CT molecular complexity index is 802. The van der Waals surface area contributed by atoms with Crippen LogP contribution in [0.3, 0.4) is 0 Å². The van der Waals surface area contributed by atoms with Gasteiger partial charge in [0.15, 0.2) is 23.0 Å². The fourth-order valence-corrected chi connectivity index (χ4v) is 2.67. The molecule has 4 rings (SSSR count). The van der Waals surface area contributed by atoms with Gasteiger partial charge >= 0.3 is 0 Å². The molecule has 0 saturated heterocycles. The monoisotopic (exact) mass is 327 g/mol. The van der Waals surface area contributed by atoms with Crippen LogP contribution in [0.1, 0.15) is 13.8 Å². The predicted octanol–water partition coefficient (Wildman–Crippen LogP) is 2.97. The number of anilines is 1. The molecule has 6 heteroatoms. The predicted molar refractivity (Wildman–Crippen MR) is 86.8 cm³/mol. The lowest BCUT2D eigenvalue weighted by Gasteiger charge is -2.25. The molecule has 2 aromatic carbocycles. The van der Waals surface area contributed by atoms with Crippen molar-refractivity contribution in [2.75, 3.05) is 11.9 Å². The van der Waals surface area contributed by atoms with Crippen LogP contribution in [0.25, 0.3) is 0 Å². The van der Waals surface area contributed by atoms with Crippen LogP contribution in [0.15, 0.2) is 42.5 Å². The van der Waals surface area contributed by atoms with Gasteiger partial charge in [-0.05, 0) is 24.3 Å². The number of benzene rings is 2. The zero-order valence-electron chi connectivity index (χ0n) is 13.4. The number of amides is 1. The molecule has 24 heavy (non-hydrogen) atoms. The highest BCUT2D eigenvalue weighted by Crippen LogP contribution is 2.40. The van der Waals surface area contributed by atoms with Crippen LogP contribution in [-0.4, -0.2) is 24.4 Å². The van der Waals surface area contributed by atoms with Crippen molar-refractivity contribution in [3.63, 3.8) is 0 Å². The SMILES string of the molecule is CC1(C)Oc2ccc(NC(=O)[C@H]3COc4ccccc4O3)cc2O1. The van der Waals surface area contributed by atoms with Crippen LogP contribution in [0.5, 0.6) is 23.0 Å². The fourth-order valence-electron chi connectivity index (χ4n) is 2.67. The first kappa shape index (κ1) is 14.7. The van der Waals surface area contributed by atoms with Gasteiger partial charge in [0.2, 0.25) is 11.9 Å². The Labute approximate surface area is 139 Å². The molecule has 2 heterocycles. The van der Waals surface area contributed by atoms with Gasteiger partial charge < -0.3 is 24.3 Å². The van der Waals surface area contributed by atoms with Crippen LogP contribution in [0.4, 0.5) is 5.69 Å². The molecule has 0 unspecified atom stereocenters. The first-order chi connectivity index (χ1) is 11.5. The number of ether oxygens (including phenoxy) is 4. The number of hydrogen-bond donors (Lipinski definition) is 1. The van der Waals surface area contributed by atoms with Crippen molar-refractivity contribution in [3.8, 4) is 23.0 Å². The Morgan fingerprint density at radius 3 is 2.62 bits per heavy atom. The minimum absolute atomic E-state index is 0.167. The lowest BCUT2D eigenvalue weighted by Crippen LogP contribution is -2.40. The van der Waals surface area contributed by atoms with Crippen LogP contribution < -0.4 is 24.3 Å². The van der Waals surface area contributed by atoms with E-state index < -0.39 is 11.9 Å². The van der Waals surface area contributed by atoms with Crippen LogP contribution in [0.2, 0.25) is 0 Å². The summed E-state index contributed by atoms with van der Waals surface area (Å²) in [6, 6.07) is 12.5. The third-order valence-corrected chi connectivity index (χ3v) is 3.72. The summed E-state index contributed by atoms with van der Waals surface area (Å²) in [7, 11) is 0. The molecule has 124 valence electrons. The summed E-state index contributed by atoms with van der Waals surface area (Å²) in [5, 5.41) is 2.82. The fraction of sp³-hybridized carbons (Fsp3) is 0.278. The van der Waals surface area contributed by atoms with Gasteiger partial charge in [0.25, 0.3) is 5.91 Å². The topological polar surface area (TPSA) is 66.0 Å². The second-order valence-corrected chi connectivity index (χ2v) is 6.12. The van der Waals surface area contributed by atoms with Gasteiger partial charge in [0.1, 0.15) is 6.61 Å². The van der Waals surface area contributed by atoms with Crippen molar-refractivity contribution in [1.82, 2.24) is 0 Å². The Balaban J connectivity index is 1.46. The number of para-hydroxylation sites is 2. The Morgan fingerprint density at radius 1 is 1.04 bits per heavy atom. The molecule has 1 atom stereocenters. The van der Waals surface area contributed by atoms with Gasteiger partial charge in [0.05, 0.1) is 0 Å². The summed E-state index contributed by atoms with van der Waals surface area (Å²) in [4.78, 5) is 12.4. The lowest BCUT2D eigenvalue weighted by molar-refractivity contribution is -0.125. The average molecular weight is 327 g/mol. The lowest BCUT2D eigenvalue weighted by atomic mass is 10.2. The smallest absolute Gasteiger partial charge is 0.269 e. The standard InChI is InChI=1S/C18H17NO5/c1-18(2)23-14-8-7-11(9-15(14)24-18)19-17(20)16-10-21-12-5-3-4-6-13(12)22-16/h3-9,16H,10H2,1-2H3,(H,19,20)/t16-/m1/s1. The van der Waals surface area contributed by atoms with Crippen molar-refractivity contribution in [2.24, 2.45) is 0 Å². The van der Waals surface area contributed by atoms with E-state index in [1.54, 1.807) is 24.3 Å². The minimum atomic E-state index is -0.707. The average Bonchev–Trinajstić information content (AvgIpc) is 2.87. The Hall–Kier alpha value is -2.89. The molecular weight excluding hydrogens is 310 g/mol. The highest BCUT2D eigenvalue weighted by molar-refractivity contribution is 5.95. The molecule has 0 fully saturated rings. The van der Waals surface area contributed by atoms with E-state index in [0.717, 1.165) is 0 Å². The molecule has 1 amide bonds. The molecule has 0 spiro atoms. The summed E-state index contributed by atoms with van der Waals surface area (Å²) in [5.74, 6) is 1.49. The van der Waals surface area contributed by atoms with Gasteiger partial charge in [-0.2, -0.15) is 0 Å². The molecule has 0 aromatic heterocycles. The van der Waals surface area contributed by atoms with E-state index >= 15 is 0 Å². The molecule has 1 N–H and O–H groups in total. The van der Waals surface area contributed by atoms with Gasteiger partial charge in [-0.15, -0.1) is 0 Å². The minimum Gasteiger partial charge on any atom is -0.485 e.